The van der Waals surface area contributed by atoms with Crippen molar-refractivity contribution in [3.63, 3.8) is 0 Å². The van der Waals surface area contributed by atoms with Crippen LogP contribution in [0.15, 0.2) is 46.8 Å². The molecule has 1 aromatic rings. The van der Waals surface area contributed by atoms with E-state index < -0.39 is 22.8 Å². The molecule has 0 spiro atoms. The molecule has 2 rings (SSSR count). The van der Waals surface area contributed by atoms with E-state index in [9.17, 15) is 19.7 Å². The van der Waals surface area contributed by atoms with E-state index in [4.69, 9.17) is 9.47 Å². The van der Waals surface area contributed by atoms with Gasteiger partial charge in [0.05, 0.1) is 52.4 Å². The number of nitro groups is 1. The largest absolute Gasteiger partial charge is 0.466 e. The number of carbonyl (C=O) groups excluding carboxylic acids is 2. The summed E-state index contributed by atoms with van der Waals surface area (Å²) in [6.07, 6.45) is 0. The van der Waals surface area contributed by atoms with Gasteiger partial charge in [-0.1, -0.05) is 18.2 Å². The summed E-state index contributed by atoms with van der Waals surface area (Å²) in [7, 11) is 2.42. The molecule has 0 unspecified atom stereocenters. The van der Waals surface area contributed by atoms with Gasteiger partial charge in [0.1, 0.15) is 0 Å². The number of benzene rings is 1. The second-order valence-electron chi connectivity index (χ2n) is 5.51. The predicted molar refractivity (Wildman–Crippen MR) is 96.0 cm³/mol. The molecule has 0 bridgehead atoms. The molecule has 1 aromatic carbocycles. The molecule has 26 heavy (non-hydrogen) atoms. The fourth-order valence-corrected chi connectivity index (χ4v) is 3.37. The van der Waals surface area contributed by atoms with Crippen molar-refractivity contribution in [1.29, 1.82) is 0 Å². The number of nitrogens with zero attached hydrogens (tertiary/aromatic N) is 2. The number of carbonyl (C=O) groups is 2. The van der Waals surface area contributed by atoms with Gasteiger partial charge < -0.3 is 9.47 Å². The van der Waals surface area contributed by atoms with Crippen LogP contribution < -0.4 is 0 Å². The Morgan fingerprint density at radius 2 is 1.54 bits per heavy atom. The van der Waals surface area contributed by atoms with Crippen molar-refractivity contribution in [1.82, 2.24) is 3.93 Å². The van der Waals surface area contributed by atoms with Crippen molar-refractivity contribution in [2.45, 2.75) is 19.8 Å². The summed E-state index contributed by atoms with van der Waals surface area (Å²) in [4.78, 5) is 35.9. The van der Waals surface area contributed by atoms with Crippen LogP contribution in [0.5, 0.6) is 0 Å². The fraction of sp³-hybridized carbons (Fsp3) is 0.294. The molecule has 1 heterocycles. The molecule has 0 atom stereocenters. The molecule has 1 aliphatic rings. The summed E-state index contributed by atoms with van der Waals surface area (Å²) >= 11 is 3.31. The Morgan fingerprint density at radius 3 is 1.96 bits per heavy atom. The summed E-state index contributed by atoms with van der Waals surface area (Å²) < 4.78 is 11.2. The number of halogens is 1. The molecule has 9 heteroatoms. The van der Waals surface area contributed by atoms with Crippen LogP contribution in [0.25, 0.3) is 0 Å². The van der Waals surface area contributed by atoms with Gasteiger partial charge in [0.2, 0.25) is 0 Å². The molecule has 138 valence electrons. The molecule has 0 saturated heterocycles. The van der Waals surface area contributed by atoms with Crippen LogP contribution in [0.4, 0.5) is 5.69 Å². The van der Waals surface area contributed by atoms with Crippen LogP contribution in [0.2, 0.25) is 0 Å². The number of hydrogen-bond acceptors (Lipinski definition) is 7. The van der Waals surface area contributed by atoms with Gasteiger partial charge in [0, 0.05) is 23.0 Å². The molecule has 0 radical (unpaired) electrons. The number of methoxy groups -OCH3 is 2. The van der Waals surface area contributed by atoms with Crippen molar-refractivity contribution in [3.05, 3.63) is 62.5 Å². The van der Waals surface area contributed by atoms with Crippen molar-refractivity contribution in [3.8, 4) is 0 Å². The van der Waals surface area contributed by atoms with E-state index in [1.165, 1.54) is 36.3 Å². The first-order valence-corrected chi connectivity index (χ1v) is 8.24. The van der Waals surface area contributed by atoms with E-state index in [0.717, 1.165) is 0 Å². The Bertz CT molecular complexity index is 805. The van der Waals surface area contributed by atoms with Crippen molar-refractivity contribution in [2.75, 3.05) is 14.2 Å². The molecule has 0 saturated carbocycles. The lowest BCUT2D eigenvalue weighted by Gasteiger charge is -2.33. The van der Waals surface area contributed by atoms with Gasteiger partial charge in [-0.3, -0.25) is 14.0 Å². The van der Waals surface area contributed by atoms with Crippen LogP contribution in [-0.2, 0) is 19.1 Å². The van der Waals surface area contributed by atoms with Gasteiger partial charge in [0.15, 0.2) is 0 Å². The van der Waals surface area contributed by atoms with E-state index in [-0.39, 0.29) is 22.4 Å². The third-order valence-electron chi connectivity index (χ3n) is 4.20. The maximum absolute atomic E-state index is 12.5. The summed E-state index contributed by atoms with van der Waals surface area (Å²) in [6.45, 7) is 3.31. The number of para-hydroxylation sites is 1. The summed E-state index contributed by atoms with van der Waals surface area (Å²) in [5.41, 5.74) is 1.16. The topological polar surface area (TPSA) is 99.0 Å². The quantitative estimate of drug-likeness (QED) is 0.316. The van der Waals surface area contributed by atoms with Crippen molar-refractivity contribution >= 4 is 33.8 Å². The molecule has 0 fully saturated rings. The highest BCUT2D eigenvalue weighted by Crippen LogP contribution is 2.46. The van der Waals surface area contributed by atoms with E-state index in [1.54, 1.807) is 19.9 Å². The standard InChI is InChI=1S/C17H17BrN2O6/c1-9-13(16(21)25-3)15(11-7-5-6-8-12(11)20(23)24)14(17(22)26-4)10(2)19(9)18/h5-8,15H,1-4H3. The SMILES string of the molecule is COC(=O)C1=C(C)N(Br)C(C)=C(C(=O)OC)C1c1ccccc1[N+](=O)[O-]. The minimum atomic E-state index is -0.995. The summed E-state index contributed by atoms with van der Waals surface area (Å²) in [6, 6.07) is 5.96. The lowest BCUT2D eigenvalue weighted by Crippen LogP contribution is -2.31. The zero-order valence-corrected chi connectivity index (χ0v) is 16.2. The molecular weight excluding hydrogens is 408 g/mol. The Kier molecular flexibility index (Phi) is 5.81. The van der Waals surface area contributed by atoms with Crippen LogP contribution in [0, 0.1) is 10.1 Å². The number of rotatable bonds is 4. The Hall–Kier alpha value is -2.68. The number of hydrogen-bond donors (Lipinski definition) is 0. The van der Waals surface area contributed by atoms with Gasteiger partial charge >= 0.3 is 11.9 Å². The highest BCUT2D eigenvalue weighted by atomic mass is 79.9. The summed E-state index contributed by atoms with van der Waals surface area (Å²) in [5.74, 6) is -2.38. The smallest absolute Gasteiger partial charge is 0.336 e. The Balaban J connectivity index is 2.87. The molecule has 1 aliphatic heterocycles. The van der Waals surface area contributed by atoms with E-state index in [2.05, 4.69) is 16.1 Å². The Morgan fingerprint density at radius 1 is 1.08 bits per heavy atom. The highest BCUT2D eigenvalue weighted by molar-refractivity contribution is 9.07. The third kappa shape index (κ3) is 3.22. The van der Waals surface area contributed by atoms with E-state index in [0.29, 0.717) is 11.4 Å². The first-order chi connectivity index (χ1) is 12.3. The number of allylic oxidation sites excluding steroid dienone is 2. The average molecular weight is 425 g/mol. The third-order valence-corrected chi connectivity index (χ3v) is 5.26. The number of ether oxygens (including phenoxy) is 2. The van der Waals surface area contributed by atoms with Gasteiger partial charge in [-0.15, -0.1) is 0 Å². The molecule has 0 aliphatic carbocycles. The fourth-order valence-electron chi connectivity index (χ4n) is 2.99. The minimum absolute atomic E-state index is 0.115. The lowest BCUT2D eigenvalue weighted by atomic mass is 9.79. The Labute approximate surface area is 158 Å². The highest BCUT2D eigenvalue weighted by Gasteiger charge is 2.42. The monoisotopic (exact) mass is 424 g/mol. The van der Waals surface area contributed by atoms with Crippen molar-refractivity contribution in [2.24, 2.45) is 0 Å². The van der Waals surface area contributed by atoms with Gasteiger partial charge in [-0.05, 0) is 13.8 Å². The molecule has 0 amide bonds. The maximum Gasteiger partial charge on any atom is 0.336 e. The number of nitro benzene ring substituents is 1. The van der Waals surface area contributed by atoms with Gasteiger partial charge in [-0.2, -0.15) is 0 Å². The van der Waals surface area contributed by atoms with Crippen LogP contribution in [-0.4, -0.2) is 35.0 Å². The maximum atomic E-state index is 12.5. The average Bonchev–Trinajstić information content (AvgIpc) is 2.64. The van der Waals surface area contributed by atoms with Gasteiger partial charge in [-0.25, -0.2) is 9.59 Å². The zero-order chi connectivity index (χ0) is 19.6. The first-order valence-electron chi connectivity index (χ1n) is 7.53. The predicted octanol–water partition coefficient (Wildman–Crippen LogP) is 3.20. The molecule has 0 aromatic heterocycles. The first kappa shape index (κ1) is 19.6. The van der Waals surface area contributed by atoms with Gasteiger partial charge in [0.25, 0.3) is 5.69 Å². The molecular formula is C17H17BrN2O6. The van der Waals surface area contributed by atoms with Crippen LogP contribution >= 0.6 is 16.1 Å². The van der Waals surface area contributed by atoms with E-state index in [1.807, 2.05) is 0 Å². The normalized spacial score (nSPS) is 15.2. The molecule has 0 N–H and O–H groups in total. The molecule has 8 nitrogen and oxygen atoms in total. The van der Waals surface area contributed by atoms with E-state index >= 15 is 0 Å². The number of esters is 2. The second kappa shape index (κ2) is 7.69. The van der Waals surface area contributed by atoms with Crippen LogP contribution in [0.3, 0.4) is 0 Å². The second-order valence-corrected chi connectivity index (χ2v) is 6.22. The minimum Gasteiger partial charge on any atom is -0.466 e. The van der Waals surface area contributed by atoms with Crippen molar-refractivity contribution < 1.29 is 24.0 Å². The summed E-state index contributed by atoms with van der Waals surface area (Å²) in [5, 5.41) is 11.5. The zero-order valence-electron chi connectivity index (χ0n) is 14.6. The van der Waals surface area contributed by atoms with Crippen LogP contribution in [0.1, 0.15) is 25.3 Å². The lowest BCUT2D eigenvalue weighted by molar-refractivity contribution is -0.385.